The Morgan fingerprint density at radius 3 is 2.32 bits per heavy atom. The largest absolute Gasteiger partial charge is 0.395 e. The molecule has 1 aromatic rings. The van der Waals surface area contributed by atoms with Gasteiger partial charge in [-0.2, -0.15) is 0 Å². The summed E-state index contributed by atoms with van der Waals surface area (Å²) >= 11 is 0. The van der Waals surface area contributed by atoms with Crippen molar-refractivity contribution in [3.8, 4) is 0 Å². The average Bonchev–Trinajstić information content (AvgIpc) is 2.38. The van der Waals surface area contributed by atoms with Crippen molar-refractivity contribution in [3.05, 3.63) is 29.8 Å². The maximum Gasteiger partial charge on any atom is 0.322 e. The van der Waals surface area contributed by atoms with Gasteiger partial charge in [0.25, 0.3) is 0 Å². The van der Waals surface area contributed by atoms with E-state index < -0.39 is 0 Å². The molecule has 0 saturated heterocycles. The molecule has 0 aromatic heterocycles. The molecule has 19 heavy (non-hydrogen) atoms. The van der Waals surface area contributed by atoms with Gasteiger partial charge in [0.05, 0.1) is 13.2 Å². The first-order valence-electron chi connectivity index (χ1n) is 6.46. The highest BCUT2D eigenvalue weighted by Gasteiger charge is 2.14. The van der Waals surface area contributed by atoms with Gasteiger partial charge in [0.2, 0.25) is 0 Å². The number of benzene rings is 1. The molecule has 1 rings (SSSR count). The number of urea groups is 1. The van der Waals surface area contributed by atoms with Crippen LogP contribution in [0.1, 0.15) is 25.3 Å². The van der Waals surface area contributed by atoms with Crippen LogP contribution in [-0.2, 0) is 0 Å². The lowest BCUT2D eigenvalue weighted by atomic mass is 10.0. The Morgan fingerprint density at radius 2 is 1.79 bits per heavy atom. The van der Waals surface area contributed by atoms with Crippen LogP contribution < -0.4 is 5.32 Å². The molecule has 2 amide bonds. The normalized spacial score (nSPS) is 10.6. The summed E-state index contributed by atoms with van der Waals surface area (Å²) < 4.78 is 0. The fraction of sp³-hybridized carbons (Fsp3) is 0.500. The first kappa shape index (κ1) is 15.5. The lowest BCUT2D eigenvalue weighted by Crippen LogP contribution is -2.39. The van der Waals surface area contributed by atoms with Crippen LogP contribution in [0.25, 0.3) is 0 Å². The molecular weight excluding hydrogens is 244 g/mol. The quantitative estimate of drug-likeness (QED) is 0.732. The van der Waals surface area contributed by atoms with Gasteiger partial charge in [-0.15, -0.1) is 0 Å². The number of hydrogen-bond donors (Lipinski definition) is 3. The summed E-state index contributed by atoms with van der Waals surface area (Å²) in [5.41, 5.74) is 1.83. The first-order chi connectivity index (χ1) is 9.10. The molecule has 0 saturated carbocycles. The van der Waals surface area contributed by atoms with E-state index >= 15 is 0 Å². The number of anilines is 1. The first-order valence-corrected chi connectivity index (χ1v) is 6.46. The molecule has 5 nitrogen and oxygen atoms in total. The monoisotopic (exact) mass is 266 g/mol. The van der Waals surface area contributed by atoms with E-state index in [1.807, 2.05) is 24.3 Å². The summed E-state index contributed by atoms with van der Waals surface area (Å²) in [7, 11) is 0. The minimum Gasteiger partial charge on any atom is -0.395 e. The van der Waals surface area contributed by atoms with Gasteiger partial charge >= 0.3 is 6.03 Å². The van der Waals surface area contributed by atoms with E-state index in [-0.39, 0.29) is 32.3 Å². The van der Waals surface area contributed by atoms with Gasteiger partial charge in [-0.1, -0.05) is 32.0 Å². The topological polar surface area (TPSA) is 72.8 Å². The Bertz CT molecular complexity index is 401. The molecule has 0 spiro atoms. The van der Waals surface area contributed by atoms with Crippen LogP contribution in [-0.4, -0.2) is 47.4 Å². The summed E-state index contributed by atoms with van der Waals surface area (Å²) in [5.74, 6) is 0.306. The van der Waals surface area contributed by atoms with E-state index in [4.69, 9.17) is 10.2 Å². The maximum absolute atomic E-state index is 12.1. The van der Waals surface area contributed by atoms with Gasteiger partial charge in [-0.05, 0) is 17.5 Å². The molecule has 0 aliphatic heterocycles. The highest BCUT2D eigenvalue weighted by Crippen LogP contribution is 2.23. The van der Waals surface area contributed by atoms with Crippen LogP contribution in [0.5, 0.6) is 0 Å². The van der Waals surface area contributed by atoms with E-state index in [2.05, 4.69) is 19.2 Å². The number of carbonyl (C=O) groups excluding carboxylic acids is 1. The SMILES string of the molecule is CC(C)c1ccccc1NC(=O)N(CCO)CCO. The van der Waals surface area contributed by atoms with E-state index in [0.717, 1.165) is 11.3 Å². The summed E-state index contributed by atoms with van der Waals surface area (Å²) in [6.45, 7) is 4.28. The summed E-state index contributed by atoms with van der Waals surface area (Å²) in [5, 5.41) is 20.7. The van der Waals surface area contributed by atoms with Crippen molar-refractivity contribution in [2.24, 2.45) is 0 Å². The zero-order valence-electron chi connectivity index (χ0n) is 11.5. The summed E-state index contributed by atoms with van der Waals surface area (Å²) in [4.78, 5) is 13.4. The number of hydrogen-bond acceptors (Lipinski definition) is 3. The lowest BCUT2D eigenvalue weighted by Gasteiger charge is -2.22. The third kappa shape index (κ3) is 4.54. The van der Waals surface area contributed by atoms with Crippen LogP contribution >= 0.6 is 0 Å². The molecule has 0 aliphatic rings. The Labute approximate surface area is 113 Å². The van der Waals surface area contributed by atoms with E-state index in [1.54, 1.807) is 0 Å². The highest BCUT2D eigenvalue weighted by atomic mass is 16.3. The molecule has 5 heteroatoms. The molecule has 0 fully saturated rings. The molecular formula is C14H22N2O3. The van der Waals surface area contributed by atoms with E-state index in [1.165, 1.54) is 4.90 Å². The Morgan fingerprint density at radius 1 is 1.21 bits per heavy atom. The van der Waals surface area contributed by atoms with Gasteiger partial charge in [0, 0.05) is 18.8 Å². The smallest absolute Gasteiger partial charge is 0.322 e. The van der Waals surface area contributed by atoms with Crippen molar-refractivity contribution < 1.29 is 15.0 Å². The number of para-hydroxylation sites is 1. The number of amides is 2. The zero-order valence-corrected chi connectivity index (χ0v) is 11.5. The molecule has 0 unspecified atom stereocenters. The fourth-order valence-corrected chi connectivity index (χ4v) is 1.86. The highest BCUT2D eigenvalue weighted by molar-refractivity contribution is 5.90. The second kappa shape index (κ2) is 7.76. The second-order valence-electron chi connectivity index (χ2n) is 4.61. The van der Waals surface area contributed by atoms with Crippen molar-refractivity contribution in [3.63, 3.8) is 0 Å². The predicted octanol–water partition coefficient (Wildman–Crippen LogP) is 1.63. The molecule has 0 atom stereocenters. The molecule has 0 bridgehead atoms. The van der Waals surface area contributed by atoms with Crippen molar-refractivity contribution in [2.75, 3.05) is 31.6 Å². The summed E-state index contributed by atoms with van der Waals surface area (Å²) in [6.07, 6.45) is 0. The van der Waals surface area contributed by atoms with E-state index in [0.29, 0.717) is 5.92 Å². The molecule has 0 radical (unpaired) electrons. The summed E-state index contributed by atoms with van der Waals surface area (Å²) in [6, 6.07) is 7.32. The number of carbonyl (C=O) groups is 1. The standard InChI is InChI=1S/C14H22N2O3/c1-11(2)12-5-3-4-6-13(12)15-14(19)16(7-9-17)8-10-18/h3-6,11,17-18H,7-10H2,1-2H3,(H,15,19). The molecule has 3 N–H and O–H groups in total. The minimum atomic E-state index is -0.309. The number of nitrogens with one attached hydrogen (secondary N) is 1. The number of rotatable bonds is 6. The zero-order chi connectivity index (χ0) is 14.3. The number of nitrogens with zero attached hydrogens (tertiary/aromatic N) is 1. The minimum absolute atomic E-state index is 0.126. The van der Waals surface area contributed by atoms with Crippen LogP contribution in [0.15, 0.2) is 24.3 Å². The van der Waals surface area contributed by atoms with Crippen LogP contribution in [0, 0.1) is 0 Å². The van der Waals surface area contributed by atoms with Crippen molar-refractivity contribution in [1.82, 2.24) is 4.90 Å². The molecule has 106 valence electrons. The Kier molecular flexibility index (Phi) is 6.32. The van der Waals surface area contributed by atoms with Crippen LogP contribution in [0.4, 0.5) is 10.5 Å². The van der Waals surface area contributed by atoms with Gasteiger partial charge in [-0.25, -0.2) is 4.79 Å². The lowest BCUT2D eigenvalue weighted by molar-refractivity contribution is 0.167. The maximum atomic E-state index is 12.1. The predicted molar refractivity (Wildman–Crippen MR) is 75.3 cm³/mol. The second-order valence-corrected chi connectivity index (χ2v) is 4.61. The van der Waals surface area contributed by atoms with Gasteiger partial charge in [0.15, 0.2) is 0 Å². The van der Waals surface area contributed by atoms with E-state index in [9.17, 15) is 4.79 Å². The van der Waals surface area contributed by atoms with Crippen molar-refractivity contribution in [1.29, 1.82) is 0 Å². The van der Waals surface area contributed by atoms with Gasteiger partial charge in [-0.3, -0.25) is 0 Å². The Balaban J connectivity index is 2.80. The molecule has 0 aliphatic carbocycles. The van der Waals surface area contributed by atoms with Gasteiger partial charge in [0.1, 0.15) is 0 Å². The van der Waals surface area contributed by atoms with Gasteiger partial charge < -0.3 is 20.4 Å². The van der Waals surface area contributed by atoms with Crippen molar-refractivity contribution in [2.45, 2.75) is 19.8 Å². The Hall–Kier alpha value is -1.59. The molecule has 0 heterocycles. The third-order valence-corrected chi connectivity index (χ3v) is 2.85. The molecule has 1 aromatic carbocycles. The van der Waals surface area contributed by atoms with Crippen molar-refractivity contribution >= 4 is 11.7 Å². The van der Waals surface area contributed by atoms with Crippen LogP contribution in [0.2, 0.25) is 0 Å². The number of aliphatic hydroxyl groups is 2. The number of aliphatic hydroxyl groups excluding tert-OH is 2. The van der Waals surface area contributed by atoms with Crippen LogP contribution in [0.3, 0.4) is 0 Å². The fourth-order valence-electron chi connectivity index (χ4n) is 1.86. The third-order valence-electron chi connectivity index (χ3n) is 2.85. The average molecular weight is 266 g/mol.